The van der Waals surface area contributed by atoms with Gasteiger partial charge in [0.05, 0.1) is 23.4 Å². The molecule has 5 nitrogen and oxygen atoms in total. The molecule has 2 rings (SSSR count). The summed E-state index contributed by atoms with van der Waals surface area (Å²) in [6.07, 6.45) is 0. The summed E-state index contributed by atoms with van der Waals surface area (Å²) >= 11 is 12.0. The number of benzene rings is 2. The van der Waals surface area contributed by atoms with E-state index in [1.165, 1.54) is 7.11 Å². The summed E-state index contributed by atoms with van der Waals surface area (Å²) in [6.45, 7) is 3.58. The quantitative estimate of drug-likeness (QED) is 0.747. The normalized spacial score (nSPS) is 11.6. The van der Waals surface area contributed by atoms with E-state index >= 15 is 0 Å². The van der Waals surface area contributed by atoms with Crippen LogP contribution < -0.4 is 10.6 Å². The monoisotopic (exact) mass is 380 g/mol. The van der Waals surface area contributed by atoms with Gasteiger partial charge in [-0.1, -0.05) is 29.3 Å². The first kappa shape index (κ1) is 19.1. The lowest BCUT2D eigenvalue weighted by Gasteiger charge is -2.18. The molecular weight excluding hydrogens is 363 g/mol. The van der Waals surface area contributed by atoms with Gasteiger partial charge in [0.15, 0.2) is 0 Å². The van der Waals surface area contributed by atoms with Gasteiger partial charge in [0.25, 0.3) is 0 Å². The molecule has 0 aliphatic heterocycles. The minimum Gasteiger partial charge on any atom is -0.465 e. The molecule has 0 aliphatic carbocycles. The average molecular weight is 381 g/mol. The van der Waals surface area contributed by atoms with Gasteiger partial charge in [-0.15, -0.1) is 0 Å². The number of aryl methyl sites for hydroxylation is 1. The van der Waals surface area contributed by atoms with Crippen LogP contribution >= 0.6 is 23.2 Å². The Kier molecular flexibility index (Phi) is 6.28. The largest absolute Gasteiger partial charge is 0.465 e. The summed E-state index contributed by atoms with van der Waals surface area (Å²) in [6, 6.07) is 9.37. The van der Waals surface area contributed by atoms with Crippen LogP contribution in [0.3, 0.4) is 0 Å². The van der Waals surface area contributed by atoms with Crippen molar-refractivity contribution in [3.05, 3.63) is 57.6 Å². The maximum Gasteiger partial charge on any atom is 0.337 e. The zero-order valence-electron chi connectivity index (χ0n) is 14.0. The maximum atomic E-state index is 12.4. The van der Waals surface area contributed by atoms with Gasteiger partial charge < -0.3 is 15.4 Å². The molecule has 1 amide bonds. The molecule has 0 saturated carbocycles. The Morgan fingerprint density at radius 2 is 1.80 bits per heavy atom. The topological polar surface area (TPSA) is 67.4 Å². The summed E-state index contributed by atoms with van der Waals surface area (Å²) < 4.78 is 4.71. The van der Waals surface area contributed by atoms with Crippen molar-refractivity contribution in [3.63, 3.8) is 0 Å². The van der Waals surface area contributed by atoms with Crippen LogP contribution in [0, 0.1) is 6.92 Å². The lowest BCUT2D eigenvalue weighted by atomic mass is 10.1. The van der Waals surface area contributed by atoms with Crippen LogP contribution in [0.1, 0.15) is 22.8 Å². The Balaban J connectivity index is 2.13. The van der Waals surface area contributed by atoms with Crippen LogP contribution in [0.4, 0.5) is 11.4 Å². The van der Waals surface area contributed by atoms with Gasteiger partial charge in [-0.25, -0.2) is 4.79 Å². The standard InChI is InChI=1S/C18H18Cl2N2O3/c1-10-4-5-12(18(24)25-3)8-15(10)21-11(2)17(23)22-16-9-13(19)6-7-14(16)20/h4-9,11,21H,1-3H3,(H,22,23)/t11-/m0/s1. The van der Waals surface area contributed by atoms with Gasteiger partial charge in [0.2, 0.25) is 5.91 Å². The summed E-state index contributed by atoms with van der Waals surface area (Å²) in [4.78, 5) is 24.1. The minimum atomic E-state index is -0.568. The van der Waals surface area contributed by atoms with E-state index in [9.17, 15) is 9.59 Å². The number of carbonyl (C=O) groups excluding carboxylic acids is 2. The van der Waals surface area contributed by atoms with E-state index < -0.39 is 12.0 Å². The van der Waals surface area contributed by atoms with Crippen LogP contribution in [0.2, 0.25) is 10.0 Å². The van der Waals surface area contributed by atoms with Crippen LogP contribution in [0.5, 0.6) is 0 Å². The fraction of sp³-hybridized carbons (Fsp3) is 0.222. The predicted molar refractivity (Wildman–Crippen MR) is 101 cm³/mol. The number of nitrogens with one attached hydrogen (secondary N) is 2. The molecule has 0 bridgehead atoms. The van der Waals surface area contributed by atoms with Crippen molar-refractivity contribution in [2.45, 2.75) is 19.9 Å². The molecule has 2 N–H and O–H groups in total. The van der Waals surface area contributed by atoms with Crippen LogP contribution in [-0.2, 0) is 9.53 Å². The third-order valence-electron chi connectivity index (χ3n) is 3.61. The molecule has 1 atom stereocenters. The summed E-state index contributed by atoms with van der Waals surface area (Å²) in [5, 5.41) is 6.69. The molecular formula is C18H18Cl2N2O3. The molecule has 2 aromatic rings. The van der Waals surface area contributed by atoms with E-state index in [1.807, 2.05) is 6.92 Å². The summed E-state index contributed by atoms with van der Waals surface area (Å²) in [7, 11) is 1.32. The number of rotatable bonds is 5. The Bertz CT molecular complexity index is 809. The number of ether oxygens (including phenoxy) is 1. The maximum absolute atomic E-state index is 12.4. The molecule has 0 spiro atoms. The number of carbonyl (C=O) groups is 2. The first-order valence-electron chi connectivity index (χ1n) is 7.53. The number of halogens is 2. The predicted octanol–water partition coefficient (Wildman–Crippen LogP) is 4.53. The fourth-order valence-electron chi connectivity index (χ4n) is 2.16. The number of esters is 1. The average Bonchev–Trinajstić information content (AvgIpc) is 2.59. The minimum absolute atomic E-state index is 0.285. The molecule has 0 aromatic heterocycles. The SMILES string of the molecule is COC(=O)c1ccc(C)c(N[C@@H](C)C(=O)Nc2cc(Cl)ccc2Cl)c1. The van der Waals surface area contributed by atoms with Crippen LogP contribution in [-0.4, -0.2) is 25.0 Å². The van der Waals surface area contributed by atoms with Gasteiger partial charge in [0, 0.05) is 10.7 Å². The molecule has 0 radical (unpaired) electrons. The van der Waals surface area contributed by atoms with E-state index in [2.05, 4.69) is 10.6 Å². The first-order chi connectivity index (χ1) is 11.8. The molecule has 0 fully saturated rings. The molecule has 0 aliphatic rings. The highest BCUT2D eigenvalue weighted by molar-refractivity contribution is 6.35. The van der Waals surface area contributed by atoms with E-state index in [0.29, 0.717) is 27.0 Å². The molecule has 2 aromatic carbocycles. The molecule has 0 heterocycles. The first-order valence-corrected chi connectivity index (χ1v) is 8.29. The molecule has 0 saturated heterocycles. The van der Waals surface area contributed by atoms with Gasteiger partial charge in [0.1, 0.15) is 6.04 Å². The van der Waals surface area contributed by atoms with Crippen LogP contribution in [0.15, 0.2) is 36.4 Å². The fourth-order valence-corrected chi connectivity index (χ4v) is 2.49. The van der Waals surface area contributed by atoms with E-state index in [0.717, 1.165) is 5.56 Å². The number of anilines is 2. The van der Waals surface area contributed by atoms with Crippen molar-refractivity contribution < 1.29 is 14.3 Å². The highest BCUT2D eigenvalue weighted by Crippen LogP contribution is 2.26. The van der Waals surface area contributed by atoms with Gasteiger partial charge in [-0.3, -0.25) is 4.79 Å². The van der Waals surface area contributed by atoms with Gasteiger partial charge in [-0.2, -0.15) is 0 Å². The van der Waals surface area contributed by atoms with Crippen molar-refractivity contribution >= 4 is 46.5 Å². The number of methoxy groups -OCH3 is 1. The van der Waals surface area contributed by atoms with E-state index in [1.54, 1.807) is 43.3 Å². The third-order valence-corrected chi connectivity index (χ3v) is 4.17. The highest BCUT2D eigenvalue weighted by Gasteiger charge is 2.16. The Labute approximate surface area is 156 Å². The zero-order chi connectivity index (χ0) is 18.6. The molecule has 0 unspecified atom stereocenters. The molecule has 25 heavy (non-hydrogen) atoms. The van der Waals surface area contributed by atoms with Crippen molar-refractivity contribution in [2.24, 2.45) is 0 Å². The zero-order valence-corrected chi connectivity index (χ0v) is 15.5. The second-order valence-electron chi connectivity index (χ2n) is 5.50. The lowest BCUT2D eigenvalue weighted by molar-refractivity contribution is -0.116. The molecule has 7 heteroatoms. The second kappa shape index (κ2) is 8.23. The Morgan fingerprint density at radius 3 is 2.48 bits per heavy atom. The Morgan fingerprint density at radius 1 is 1.08 bits per heavy atom. The van der Waals surface area contributed by atoms with Crippen molar-refractivity contribution in [1.82, 2.24) is 0 Å². The third kappa shape index (κ3) is 4.87. The summed E-state index contributed by atoms with van der Waals surface area (Å²) in [5.41, 5.74) is 2.41. The summed E-state index contributed by atoms with van der Waals surface area (Å²) in [5.74, 6) is -0.724. The van der Waals surface area contributed by atoms with E-state index in [4.69, 9.17) is 27.9 Å². The smallest absolute Gasteiger partial charge is 0.337 e. The van der Waals surface area contributed by atoms with Crippen LogP contribution in [0.25, 0.3) is 0 Å². The van der Waals surface area contributed by atoms with Crippen molar-refractivity contribution in [3.8, 4) is 0 Å². The number of amides is 1. The van der Waals surface area contributed by atoms with Gasteiger partial charge >= 0.3 is 5.97 Å². The van der Waals surface area contributed by atoms with Crippen molar-refractivity contribution in [2.75, 3.05) is 17.7 Å². The van der Waals surface area contributed by atoms with E-state index in [-0.39, 0.29) is 5.91 Å². The molecule has 132 valence electrons. The lowest BCUT2D eigenvalue weighted by Crippen LogP contribution is -2.32. The Hall–Kier alpha value is -2.24. The number of hydrogen-bond donors (Lipinski definition) is 2. The number of hydrogen-bond acceptors (Lipinski definition) is 4. The second-order valence-corrected chi connectivity index (χ2v) is 6.34. The van der Waals surface area contributed by atoms with Crippen molar-refractivity contribution in [1.29, 1.82) is 0 Å². The highest BCUT2D eigenvalue weighted by atomic mass is 35.5. The van der Waals surface area contributed by atoms with Gasteiger partial charge in [-0.05, 0) is 49.7 Å².